The first-order valence-electron chi connectivity index (χ1n) is 8.13. The Morgan fingerprint density at radius 2 is 2.00 bits per heavy atom. The van der Waals surface area contributed by atoms with Crippen molar-refractivity contribution in [2.75, 3.05) is 29.9 Å². The van der Waals surface area contributed by atoms with E-state index in [1.165, 1.54) is 12.1 Å². The van der Waals surface area contributed by atoms with Gasteiger partial charge in [-0.05, 0) is 25.1 Å². The van der Waals surface area contributed by atoms with Crippen molar-refractivity contribution in [2.45, 2.75) is 6.92 Å². The molecule has 1 saturated heterocycles. The number of rotatable bonds is 4. The second-order valence-corrected chi connectivity index (χ2v) is 5.95. The van der Waals surface area contributed by atoms with Gasteiger partial charge >= 0.3 is 0 Å². The number of anilines is 2. The number of nitro groups is 1. The minimum Gasteiger partial charge on any atom is -0.359 e. The van der Waals surface area contributed by atoms with Crippen molar-refractivity contribution in [2.24, 2.45) is 0 Å². The molecule has 0 unspecified atom stereocenters. The van der Waals surface area contributed by atoms with Crippen LogP contribution in [-0.2, 0) is 4.79 Å². The topological polar surface area (TPSA) is 105 Å². The molecule has 1 aliphatic rings. The van der Waals surface area contributed by atoms with Gasteiger partial charge in [-0.15, -0.1) is 0 Å². The van der Waals surface area contributed by atoms with E-state index in [0.29, 0.717) is 24.3 Å². The van der Waals surface area contributed by atoms with Crippen LogP contribution in [0.5, 0.6) is 0 Å². The zero-order chi connectivity index (χ0) is 18.7. The number of hydrogen-bond acceptors (Lipinski definition) is 5. The lowest BCUT2D eigenvalue weighted by atomic mass is 10.1. The summed E-state index contributed by atoms with van der Waals surface area (Å²) in [5.41, 5.74) is 1.74. The van der Waals surface area contributed by atoms with Crippen molar-refractivity contribution in [3.63, 3.8) is 0 Å². The van der Waals surface area contributed by atoms with Gasteiger partial charge in [0.15, 0.2) is 0 Å². The van der Waals surface area contributed by atoms with Crippen molar-refractivity contribution >= 4 is 28.9 Å². The van der Waals surface area contributed by atoms with Crippen molar-refractivity contribution in [1.82, 2.24) is 5.32 Å². The van der Waals surface area contributed by atoms with E-state index in [0.717, 1.165) is 5.69 Å². The molecule has 1 heterocycles. The molecule has 1 aliphatic heterocycles. The number of carbonyl (C=O) groups is 2. The summed E-state index contributed by atoms with van der Waals surface area (Å²) in [4.78, 5) is 36.8. The number of amides is 2. The summed E-state index contributed by atoms with van der Waals surface area (Å²) < 4.78 is 0. The molecule has 2 N–H and O–H groups in total. The molecule has 0 atom stereocenters. The van der Waals surface area contributed by atoms with Gasteiger partial charge in [0, 0.05) is 30.3 Å². The van der Waals surface area contributed by atoms with Crippen LogP contribution in [0, 0.1) is 17.0 Å². The van der Waals surface area contributed by atoms with Crippen molar-refractivity contribution in [3.05, 3.63) is 63.7 Å². The lowest BCUT2D eigenvalue weighted by Crippen LogP contribution is -2.47. The molecule has 0 bridgehead atoms. The zero-order valence-electron chi connectivity index (χ0n) is 14.2. The highest BCUT2D eigenvalue weighted by Gasteiger charge is 2.22. The van der Waals surface area contributed by atoms with Crippen molar-refractivity contribution in [1.29, 1.82) is 0 Å². The molecule has 0 radical (unpaired) electrons. The Kier molecular flexibility index (Phi) is 4.83. The van der Waals surface area contributed by atoms with Gasteiger partial charge in [-0.1, -0.05) is 18.2 Å². The van der Waals surface area contributed by atoms with E-state index >= 15 is 0 Å². The summed E-state index contributed by atoms with van der Waals surface area (Å²) in [6.45, 7) is 2.93. The molecule has 0 saturated carbocycles. The Balaban J connectivity index is 1.88. The molecule has 2 aromatic carbocycles. The van der Waals surface area contributed by atoms with Crippen LogP contribution in [0.2, 0.25) is 0 Å². The van der Waals surface area contributed by atoms with Crippen LogP contribution in [0.3, 0.4) is 0 Å². The van der Waals surface area contributed by atoms with Crippen LogP contribution in [0.4, 0.5) is 17.1 Å². The Bertz CT molecular complexity index is 881. The third-order valence-electron chi connectivity index (χ3n) is 4.28. The summed E-state index contributed by atoms with van der Waals surface area (Å²) in [6, 6.07) is 11.6. The highest BCUT2D eigenvalue weighted by atomic mass is 16.6. The Hall–Kier alpha value is -3.42. The Morgan fingerprint density at radius 1 is 1.23 bits per heavy atom. The van der Waals surface area contributed by atoms with E-state index in [-0.39, 0.29) is 23.7 Å². The predicted molar refractivity (Wildman–Crippen MR) is 97.5 cm³/mol. The lowest BCUT2D eigenvalue weighted by Gasteiger charge is -2.30. The molecule has 3 rings (SSSR count). The monoisotopic (exact) mass is 354 g/mol. The molecular formula is C18H18N4O4. The van der Waals surface area contributed by atoms with Crippen LogP contribution in [0.25, 0.3) is 0 Å². The average Bonchev–Trinajstić information content (AvgIpc) is 2.62. The lowest BCUT2D eigenvalue weighted by molar-refractivity contribution is -0.385. The number of piperazine rings is 1. The number of nitrogens with one attached hydrogen (secondary N) is 2. The van der Waals surface area contributed by atoms with Gasteiger partial charge < -0.3 is 15.5 Å². The molecule has 0 aromatic heterocycles. The van der Waals surface area contributed by atoms with Crippen molar-refractivity contribution in [3.8, 4) is 0 Å². The summed E-state index contributed by atoms with van der Waals surface area (Å²) in [5, 5.41) is 16.6. The van der Waals surface area contributed by atoms with Crippen LogP contribution in [0.15, 0.2) is 42.5 Å². The van der Waals surface area contributed by atoms with Gasteiger partial charge in [-0.3, -0.25) is 19.7 Å². The first kappa shape index (κ1) is 17.4. The van der Waals surface area contributed by atoms with Crippen LogP contribution in [-0.4, -0.2) is 36.4 Å². The SMILES string of the molecule is Cc1c(C(=O)Nc2ccccc2N2CCNC(=O)C2)cccc1[N+](=O)[O-]. The molecule has 8 heteroatoms. The number of nitro benzene ring substituents is 1. The van der Waals surface area contributed by atoms with Crippen LogP contribution >= 0.6 is 0 Å². The fourth-order valence-corrected chi connectivity index (χ4v) is 2.96. The molecule has 0 aliphatic carbocycles. The maximum absolute atomic E-state index is 12.7. The van der Waals surface area contributed by atoms with Crippen molar-refractivity contribution < 1.29 is 14.5 Å². The smallest absolute Gasteiger partial charge is 0.273 e. The first-order valence-corrected chi connectivity index (χ1v) is 8.13. The number of benzene rings is 2. The van der Waals surface area contributed by atoms with Gasteiger partial charge in [-0.2, -0.15) is 0 Å². The molecular weight excluding hydrogens is 336 g/mol. The van der Waals surface area contributed by atoms with Crippen LogP contribution in [0.1, 0.15) is 15.9 Å². The maximum Gasteiger partial charge on any atom is 0.273 e. The third kappa shape index (κ3) is 3.49. The standard InChI is InChI=1S/C18H18N4O4/c1-12-13(5-4-8-15(12)22(25)26)18(24)20-14-6-2-3-7-16(14)21-10-9-19-17(23)11-21/h2-8H,9-11H2,1H3,(H,19,23)(H,20,24). The molecule has 0 spiro atoms. The van der Waals surface area contributed by atoms with Crippen LogP contribution < -0.4 is 15.5 Å². The first-order chi connectivity index (χ1) is 12.5. The van der Waals surface area contributed by atoms with E-state index in [1.54, 1.807) is 25.1 Å². The fraction of sp³-hybridized carbons (Fsp3) is 0.222. The minimum atomic E-state index is -0.508. The second kappa shape index (κ2) is 7.22. The predicted octanol–water partition coefficient (Wildman–Crippen LogP) is 2.09. The number of nitrogens with zero attached hydrogens (tertiary/aromatic N) is 2. The Labute approximate surface area is 150 Å². The minimum absolute atomic E-state index is 0.0769. The molecule has 1 fully saturated rings. The third-order valence-corrected chi connectivity index (χ3v) is 4.28. The number of carbonyl (C=O) groups excluding carboxylic acids is 2. The highest BCUT2D eigenvalue weighted by Crippen LogP contribution is 2.28. The van der Waals surface area contributed by atoms with E-state index in [2.05, 4.69) is 10.6 Å². The summed E-state index contributed by atoms with van der Waals surface area (Å²) in [7, 11) is 0. The van der Waals surface area contributed by atoms with E-state index < -0.39 is 10.8 Å². The quantitative estimate of drug-likeness (QED) is 0.646. The van der Waals surface area contributed by atoms with E-state index in [9.17, 15) is 19.7 Å². The normalized spacial score (nSPS) is 13.9. The summed E-state index contributed by atoms with van der Waals surface area (Å²) in [5.74, 6) is -0.507. The Morgan fingerprint density at radius 3 is 2.73 bits per heavy atom. The molecule has 2 aromatic rings. The van der Waals surface area contributed by atoms with Gasteiger partial charge in [0.2, 0.25) is 5.91 Å². The van der Waals surface area contributed by atoms with Gasteiger partial charge in [0.25, 0.3) is 11.6 Å². The maximum atomic E-state index is 12.7. The largest absolute Gasteiger partial charge is 0.359 e. The summed E-state index contributed by atoms with van der Waals surface area (Å²) >= 11 is 0. The van der Waals surface area contributed by atoms with Gasteiger partial charge in [-0.25, -0.2) is 0 Å². The second-order valence-electron chi connectivity index (χ2n) is 5.95. The molecule has 2 amide bonds. The number of para-hydroxylation sites is 2. The fourth-order valence-electron chi connectivity index (χ4n) is 2.96. The van der Waals surface area contributed by atoms with Gasteiger partial charge in [0.05, 0.1) is 22.8 Å². The average molecular weight is 354 g/mol. The highest BCUT2D eigenvalue weighted by molar-refractivity contribution is 6.07. The van der Waals surface area contributed by atoms with Gasteiger partial charge in [0.1, 0.15) is 0 Å². The molecule has 26 heavy (non-hydrogen) atoms. The summed E-state index contributed by atoms with van der Waals surface area (Å²) in [6.07, 6.45) is 0. The molecule has 134 valence electrons. The zero-order valence-corrected chi connectivity index (χ0v) is 14.2. The van der Waals surface area contributed by atoms with E-state index in [1.807, 2.05) is 17.0 Å². The number of hydrogen-bond donors (Lipinski definition) is 2. The molecule has 8 nitrogen and oxygen atoms in total. The van der Waals surface area contributed by atoms with E-state index in [4.69, 9.17) is 0 Å².